The van der Waals surface area contributed by atoms with Crippen LogP contribution in [0.3, 0.4) is 0 Å². The van der Waals surface area contributed by atoms with E-state index in [4.69, 9.17) is 0 Å². The van der Waals surface area contributed by atoms with Crippen LogP contribution >= 0.6 is 0 Å². The molecule has 5 nitrogen and oxygen atoms in total. The molecule has 2 N–H and O–H groups in total. The molecule has 1 aromatic heterocycles. The van der Waals surface area contributed by atoms with Crippen LogP contribution in [0, 0.1) is 0 Å². The minimum Gasteiger partial charge on any atom is -0.391 e. The van der Waals surface area contributed by atoms with Crippen molar-refractivity contribution in [2.24, 2.45) is 0 Å². The highest BCUT2D eigenvalue weighted by Gasteiger charge is 2.18. The molecule has 82 valence electrons. The number of β-amino-alcohol motifs (C(OH)–C–C–N with tert-alkyl or cyclic N) is 1. The van der Waals surface area contributed by atoms with Gasteiger partial charge in [0.15, 0.2) is 5.82 Å². The number of aliphatic hydroxyl groups excluding tert-OH is 1. The fourth-order valence-electron chi connectivity index (χ4n) is 1.79. The van der Waals surface area contributed by atoms with Crippen LogP contribution in [0.25, 0.3) is 0 Å². The number of nitrogens with zero attached hydrogens (tertiary/aromatic N) is 3. The Morgan fingerprint density at radius 1 is 1.47 bits per heavy atom. The number of nitrogens with one attached hydrogen (secondary N) is 1. The number of anilines is 2. The van der Waals surface area contributed by atoms with Gasteiger partial charge < -0.3 is 15.3 Å². The molecule has 1 saturated heterocycles. The smallest absolute Gasteiger partial charge is 0.151 e. The Hall–Kier alpha value is -1.36. The lowest BCUT2D eigenvalue weighted by Crippen LogP contribution is -2.38. The van der Waals surface area contributed by atoms with Gasteiger partial charge in [0.05, 0.1) is 6.10 Å². The van der Waals surface area contributed by atoms with E-state index in [0.717, 1.165) is 31.0 Å². The minimum absolute atomic E-state index is 0.232. The average molecular weight is 208 g/mol. The zero-order valence-corrected chi connectivity index (χ0v) is 8.85. The second-order valence-electron chi connectivity index (χ2n) is 3.77. The van der Waals surface area contributed by atoms with Gasteiger partial charge in [-0.1, -0.05) is 0 Å². The van der Waals surface area contributed by atoms with E-state index < -0.39 is 0 Å². The summed E-state index contributed by atoms with van der Waals surface area (Å²) < 4.78 is 0. The van der Waals surface area contributed by atoms with E-state index in [1.54, 1.807) is 0 Å². The van der Waals surface area contributed by atoms with Gasteiger partial charge in [-0.15, -0.1) is 10.2 Å². The standard InChI is InChI=1S/C10H16N4O/c1-11-9-4-5-10(13-12-9)14-6-2-3-8(15)7-14/h4-5,8,15H,2-3,6-7H2,1H3,(H,11,12). The zero-order chi connectivity index (χ0) is 10.7. The molecule has 0 spiro atoms. The molecule has 0 aliphatic carbocycles. The normalized spacial score (nSPS) is 21.5. The Labute approximate surface area is 89.1 Å². The maximum absolute atomic E-state index is 9.54. The van der Waals surface area contributed by atoms with Crippen molar-refractivity contribution in [1.29, 1.82) is 0 Å². The van der Waals surface area contributed by atoms with Crippen molar-refractivity contribution in [3.05, 3.63) is 12.1 Å². The molecule has 1 aliphatic heterocycles. The van der Waals surface area contributed by atoms with E-state index in [-0.39, 0.29) is 6.10 Å². The monoisotopic (exact) mass is 208 g/mol. The van der Waals surface area contributed by atoms with Crippen LogP contribution in [-0.4, -0.2) is 41.5 Å². The van der Waals surface area contributed by atoms with Crippen LogP contribution in [0.2, 0.25) is 0 Å². The van der Waals surface area contributed by atoms with Crippen LogP contribution < -0.4 is 10.2 Å². The molecular weight excluding hydrogens is 192 g/mol. The summed E-state index contributed by atoms with van der Waals surface area (Å²) in [5.41, 5.74) is 0. The number of hydrogen-bond acceptors (Lipinski definition) is 5. The first-order valence-electron chi connectivity index (χ1n) is 5.24. The molecule has 1 aliphatic rings. The van der Waals surface area contributed by atoms with Crippen LogP contribution in [0.1, 0.15) is 12.8 Å². The second kappa shape index (κ2) is 4.44. The van der Waals surface area contributed by atoms with Gasteiger partial charge >= 0.3 is 0 Å². The third-order valence-corrected chi connectivity index (χ3v) is 2.63. The molecule has 1 unspecified atom stereocenters. The summed E-state index contributed by atoms with van der Waals surface area (Å²) in [6.45, 7) is 1.61. The van der Waals surface area contributed by atoms with Crippen LogP contribution in [0.4, 0.5) is 11.6 Å². The maximum atomic E-state index is 9.54. The highest BCUT2D eigenvalue weighted by Crippen LogP contribution is 2.17. The SMILES string of the molecule is CNc1ccc(N2CCCC(O)C2)nn1. The summed E-state index contributed by atoms with van der Waals surface area (Å²) in [6, 6.07) is 3.82. The number of aliphatic hydroxyl groups is 1. The molecule has 0 saturated carbocycles. The van der Waals surface area contributed by atoms with Crippen LogP contribution in [0.5, 0.6) is 0 Å². The van der Waals surface area contributed by atoms with Gasteiger partial charge in [0.1, 0.15) is 5.82 Å². The van der Waals surface area contributed by atoms with Gasteiger partial charge in [-0.05, 0) is 25.0 Å². The first kappa shape index (κ1) is 10.2. The van der Waals surface area contributed by atoms with E-state index >= 15 is 0 Å². The largest absolute Gasteiger partial charge is 0.391 e. The summed E-state index contributed by atoms with van der Waals surface area (Å²) in [7, 11) is 1.81. The first-order chi connectivity index (χ1) is 7.29. The molecule has 2 heterocycles. The molecule has 1 fully saturated rings. The van der Waals surface area contributed by atoms with Crippen LogP contribution in [-0.2, 0) is 0 Å². The number of rotatable bonds is 2. The topological polar surface area (TPSA) is 61.3 Å². The van der Waals surface area contributed by atoms with Crippen molar-refractivity contribution in [2.75, 3.05) is 30.4 Å². The fourth-order valence-corrected chi connectivity index (χ4v) is 1.79. The Balaban J connectivity index is 2.07. The van der Waals surface area contributed by atoms with E-state index in [0.29, 0.717) is 6.54 Å². The summed E-state index contributed by atoms with van der Waals surface area (Å²) in [5, 5.41) is 20.6. The lowest BCUT2D eigenvalue weighted by Gasteiger charge is -2.30. The Bertz CT molecular complexity index is 314. The van der Waals surface area contributed by atoms with Gasteiger partial charge in [-0.2, -0.15) is 0 Å². The highest BCUT2D eigenvalue weighted by molar-refractivity contribution is 5.43. The molecule has 0 aromatic carbocycles. The van der Waals surface area contributed by atoms with Crippen LogP contribution in [0.15, 0.2) is 12.1 Å². The molecule has 0 bridgehead atoms. The predicted molar refractivity (Wildman–Crippen MR) is 59.0 cm³/mol. The number of piperidine rings is 1. The summed E-state index contributed by atoms with van der Waals surface area (Å²) in [6.07, 6.45) is 1.67. The molecule has 0 radical (unpaired) electrons. The van der Waals surface area contributed by atoms with Gasteiger partial charge in [-0.25, -0.2) is 0 Å². The summed E-state index contributed by atoms with van der Waals surface area (Å²) in [4.78, 5) is 2.07. The zero-order valence-electron chi connectivity index (χ0n) is 8.85. The van der Waals surface area contributed by atoms with E-state index in [9.17, 15) is 5.11 Å². The Kier molecular flexibility index (Phi) is 3.01. The van der Waals surface area contributed by atoms with E-state index in [1.165, 1.54) is 0 Å². The summed E-state index contributed by atoms with van der Waals surface area (Å²) in [5.74, 6) is 1.60. The third kappa shape index (κ3) is 2.36. The second-order valence-corrected chi connectivity index (χ2v) is 3.77. The van der Waals surface area contributed by atoms with Crippen molar-refractivity contribution >= 4 is 11.6 Å². The van der Waals surface area contributed by atoms with Crippen molar-refractivity contribution < 1.29 is 5.11 Å². The quantitative estimate of drug-likeness (QED) is 0.740. The lowest BCUT2D eigenvalue weighted by molar-refractivity contribution is 0.154. The number of aromatic nitrogens is 2. The van der Waals surface area contributed by atoms with Crippen molar-refractivity contribution in [2.45, 2.75) is 18.9 Å². The molecule has 5 heteroatoms. The van der Waals surface area contributed by atoms with Crippen molar-refractivity contribution in [3.63, 3.8) is 0 Å². The van der Waals surface area contributed by atoms with Gasteiger partial charge in [0, 0.05) is 20.1 Å². The van der Waals surface area contributed by atoms with E-state index in [1.807, 2.05) is 19.2 Å². The molecule has 1 atom stereocenters. The molecule has 15 heavy (non-hydrogen) atoms. The minimum atomic E-state index is -0.232. The molecule has 0 amide bonds. The van der Waals surface area contributed by atoms with Gasteiger partial charge in [0.25, 0.3) is 0 Å². The highest BCUT2D eigenvalue weighted by atomic mass is 16.3. The van der Waals surface area contributed by atoms with Gasteiger partial charge in [-0.3, -0.25) is 0 Å². The predicted octanol–water partition coefficient (Wildman–Crippen LogP) is 0.479. The first-order valence-corrected chi connectivity index (χ1v) is 5.24. The molecule has 2 rings (SSSR count). The molecular formula is C10H16N4O. The Morgan fingerprint density at radius 2 is 2.33 bits per heavy atom. The average Bonchev–Trinajstić information content (AvgIpc) is 2.29. The lowest BCUT2D eigenvalue weighted by atomic mass is 10.1. The summed E-state index contributed by atoms with van der Waals surface area (Å²) >= 11 is 0. The van der Waals surface area contributed by atoms with Crippen molar-refractivity contribution in [3.8, 4) is 0 Å². The van der Waals surface area contributed by atoms with Gasteiger partial charge in [0.2, 0.25) is 0 Å². The maximum Gasteiger partial charge on any atom is 0.151 e. The third-order valence-electron chi connectivity index (χ3n) is 2.63. The fraction of sp³-hybridized carbons (Fsp3) is 0.600. The molecule has 1 aromatic rings. The number of hydrogen-bond donors (Lipinski definition) is 2. The van der Waals surface area contributed by atoms with E-state index in [2.05, 4.69) is 20.4 Å². The Morgan fingerprint density at radius 3 is 2.93 bits per heavy atom. The van der Waals surface area contributed by atoms with Crippen molar-refractivity contribution in [1.82, 2.24) is 10.2 Å².